The Hall–Kier alpha value is -3.24. The van der Waals surface area contributed by atoms with Crippen LogP contribution in [0.2, 0.25) is 0 Å². The van der Waals surface area contributed by atoms with Crippen molar-refractivity contribution >= 4 is 32.7 Å². The number of hydrogen-bond donors (Lipinski definition) is 3. The van der Waals surface area contributed by atoms with Crippen LogP contribution in [0.5, 0.6) is 0 Å². The van der Waals surface area contributed by atoms with Gasteiger partial charge in [-0.25, -0.2) is 8.42 Å². The van der Waals surface area contributed by atoms with Gasteiger partial charge in [-0.2, -0.15) is 9.40 Å². The van der Waals surface area contributed by atoms with Crippen LogP contribution in [0.4, 0.5) is 0 Å². The Morgan fingerprint density at radius 2 is 1.72 bits per heavy atom. The van der Waals surface area contributed by atoms with Crippen molar-refractivity contribution in [1.29, 1.82) is 0 Å². The summed E-state index contributed by atoms with van der Waals surface area (Å²) in [7, 11) is -3.69. The van der Waals surface area contributed by atoms with E-state index in [-0.39, 0.29) is 10.5 Å². The van der Waals surface area contributed by atoms with Gasteiger partial charge < -0.3 is 0 Å². The van der Waals surface area contributed by atoms with E-state index in [9.17, 15) is 18.0 Å². The number of nitrogens with zero attached hydrogens (tertiary/aromatic N) is 2. The molecule has 3 N–H and O–H groups in total. The summed E-state index contributed by atoms with van der Waals surface area (Å²) in [5.41, 5.74) is 5.62. The lowest BCUT2D eigenvalue weighted by Gasteiger charge is -2.18. The molecule has 9 nitrogen and oxygen atoms in total. The van der Waals surface area contributed by atoms with Crippen molar-refractivity contribution in [2.75, 3.05) is 13.1 Å². The van der Waals surface area contributed by atoms with Gasteiger partial charge in [0.2, 0.25) is 10.0 Å². The van der Waals surface area contributed by atoms with Gasteiger partial charge in [-0.05, 0) is 24.3 Å². The highest BCUT2D eigenvalue weighted by Crippen LogP contribution is 2.17. The number of sulfonamides is 1. The molecule has 0 saturated heterocycles. The normalized spacial score (nSPS) is 11.6. The third kappa shape index (κ3) is 4.13. The third-order valence-corrected chi connectivity index (χ3v) is 6.50. The Labute approximate surface area is 168 Å². The lowest BCUT2D eigenvalue weighted by molar-refractivity contribution is 0.0847. The number of carbonyl (C=O) groups is 2. The summed E-state index contributed by atoms with van der Waals surface area (Å²) in [6.45, 7) is 4.13. The molecule has 29 heavy (non-hydrogen) atoms. The van der Waals surface area contributed by atoms with Crippen molar-refractivity contribution in [3.8, 4) is 0 Å². The third-order valence-electron chi connectivity index (χ3n) is 4.45. The van der Waals surface area contributed by atoms with Crippen LogP contribution in [0, 0.1) is 0 Å². The summed E-state index contributed by atoms with van der Waals surface area (Å²) in [5.74, 6) is -1.16. The Bertz CT molecular complexity index is 1150. The number of fused-ring (bicyclic) bond motifs is 1. The Balaban J connectivity index is 1.75. The molecule has 0 atom stereocenters. The smallest absolute Gasteiger partial charge is 0.271 e. The maximum Gasteiger partial charge on any atom is 0.271 e. The predicted octanol–water partition coefficient (Wildman–Crippen LogP) is 1.67. The van der Waals surface area contributed by atoms with Gasteiger partial charge >= 0.3 is 0 Å². The molecule has 0 aliphatic carbocycles. The first-order chi connectivity index (χ1) is 13.9. The largest absolute Gasteiger partial charge is 0.277 e. The summed E-state index contributed by atoms with van der Waals surface area (Å²) in [5, 5.41) is 7.40. The molecular formula is C19H21N5O4S. The number of hydrazine groups is 1. The molecule has 0 aliphatic heterocycles. The van der Waals surface area contributed by atoms with Gasteiger partial charge in [0, 0.05) is 24.0 Å². The van der Waals surface area contributed by atoms with E-state index in [2.05, 4.69) is 21.0 Å². The highest BCUT2D eigenvalue weighted by Gasteiger charge is 2.22. The molecule has 2 amide bonds. The van der Waals surface area contributed by atoms with Crippen LogP contribution in [0.1, 0.15) is 34.6 Å². The van der Waals surface area contributed by atoms with E-state index >= 15 is 0 Å². The molecule has 2 aromatic carbocycles. The number of aromatic amines is 1. The molecule has 0 saturated carbocycles. The van der Waals surface area contributed by atoms with Gasteiger partial charge in [0.1, 0.15) is 0 Å². The molecule has 10 heteroatoms. The van der Waals surface area contributed by atoms with Crippen molar-refractivity contribution < 1.29 is 18.0 Å². The molecule has 0 fully saturated rings. The number of amides is 2. The Kier molecular flexibility index (Phi) is 5.95. The number of aromatic nitrogens is 2. The summed E-state index contributed by atoms with van der Waals surface area (Å²) in [6.07, 6.45) is 1.59. The monoisotopic (exact) mass is 415 g/mol. The van der Waals surface area contributed by atoms with Crippen LogP contribution in [0.3, 0.4) is 0 Å². The van der Waals surface area contributed by atoms with Crippen LogP contribution in [-0.2, 0) is 10.0 Å². The van der Waals surface area contributed by atoms with Crippen LogP contribution >= 0.6 is 0 Å². The zero-order valence-corrected chi connectivity index (χ0v) is 16.8. The first kappa shape index (κ1) is 20.5. The minimum Gasteiger partial charge on any atom is -0.277 e. The molecule has 0 unspecified atom stereocenters. The van der Waals surface area contributed by atoms with Crippen molar-refractivity contribution in [2.45, 2.75) is 18.7 Å². The number of carbonyl (C=O) groups excluding carboxylic acids is 2. The van der Waals surface area contributed by atoms with E-state index in [1.54, 1.807) is 38.2 Å². The number of nitrogens with one attached hydrogen (secondary N) is 3. The SMILES string of the molecule is CCN(CC)S(=O)(=O)c1cccc(C(=O)NNC(=O)c2cccc3cn[nH]c23)c1. The lowest BCUT2D eigenvalue weighted by atomic mass is 10.1. The Morgan fingerprint density at radius 3 is 2.45 bits per heavy atom. The summed E-state index contributed by atoms with van der Waals surface area (Å²) < 4.78 is 26.6. The van der Waals surface area contributed by atoms with Gasteiger partial charge in [0.15, 0.2) is 0 Å². The molecule has 0 aliphatic rings. The highest BCUT2D eigenvalue weighted by molar-refractivity contribution is 7.89. The summed E-state index contributed by atoms with van der Waals surface area (Å²) >= 11 is 0. The van der Waals surface area contributed by atoms with Gasteiger partial charge in [-0.3, -0.25) is 25.5 Å². The van der Waals surface area contributed by atoms with Gasteiger partial charge in [0.05, 0.1) is 22.2 Å². The number of H-pyrrole nitrogens is 1. The first-order valence-corrected chi connectivity index (χ1v) is 10.5. The second-order valence-corrected chi connectivity index (χ2v) is 8.10. The summed E-state index contributed by atoms with van der Waals surface area (Å²) in [4.78, 5) is 24.9. The van der Waals surface area contributed by atoms with E-state index in [1.165, 1.54) is 28.6 Å². The maximum atomic E-state index is 12.6. The molecule has 152 valence electrons. The molecular weight excluding hydrogens is 394 g/mol. The minimum atomic E-state index is -3.69. The second kappa shape index (κ2) is 8.41. The average Bonchev–Trinajstić information content (AvgIpc) is 3.21. The van der Waals surface area contributed by atoms with Crippen molar-refractivity contribution in [2.24, 2.45) is 0 Å². The van der Waals surface area contributed by atoms with Crippen LogP contribution < -0.4 is 10.9 Å². The molecule has 0 bridgehead atoms. The molecule has 3 aromatic rings. The molecule has 1 aromatic heterocycles. The number of benzene rings is 2. The zero-order valence-electron chi connectivity index (χ0n) is 16.0. The van der Waals surface area contributed by atoms with Crippen LogP contribution in [0.25, 0.3) is 10.9 Å². The molecule has 0 spiro atoms. The minimum absolute atomic E-state index is 0.0161. The van der Waals surface area contributed by atoms with Crippen molar-refractivity contribution in [3.63, 3.8) is 0 Å². The van der Waals surface area contributed by atoms with Gasteiger partial charge in [-0.15, -0.1) is 0 Å². The Morgan fingerprint density at radius 1 is 1.03 bits per heavy atom. The second-order valence-electron chi connectivity index (χ2n) is 6.17. The zero-order chi connectivity index (χ0) is 21.0. The topological polar surface area (TPSA) is 124 Å². The standard InChI is InChI=1S/C19H21N5O4S/c1-3-24(4-2)29(27,28)15-9-5-7-13(11-15)18(25)22-23-19(26)16-10-6-8-14-12-20-21-17(14)16/h5-12H,3-4H2,1-2H3,(H,20,21)(H,22,25)(H,23,26). The van der Waals surface area contributed by atoms with Crippen LogP contribution in [0.15, 0.2) is 53.6 Å². The first-order valence-electron chi connectivity index (χ1n) is 9.01. The summed E-state index contributed by atoms with van der Waals surface area (Å²) in [6, 6.07) is 10.8. The predicted molar refractivity (Wildman–Crippen MR) is 108 cm³/mol. The van der Waals surface area contributed by atoms with Gasteiger partial charge in [0.25, 0.3) is 11.8 Å². The van der Waals surface area contributed by atoms with Crippen molar-refractivity contribution in [3.05, 3.63) is 59.8 Å². The van der Waals surface area contributed by atoms with Gasteiger partial charge in [-0.1, -0.05) is 32.0 Å². The van der Waals surface area contributed by atoms with Crippen molar-refractivity contribution in [1.82, 2.24) is 25.4 Å². The van der Waals surface area contributed by atoms with E-state index in [1.807, 2.05) is 0 Å². The number of hydrogen-bond acceptors (Lipinski definition) is 5. The number of rotatable bonds is 6. The quantitative estimate of drug-likeness (QED) is 0.528. The average molecular weight is 415 g/mol. The molecule has 1 heterocycles. The van der Waals surface area contributed by atoms with E-state index in [4.69, 9.17) is 0 Å². The lowest BCUT2D eigenvalue weighted by Crippen LogP contribution is -2.41. The van der Waals surface area contributed by atoms with E-state index in [0.717, 1.165) is 5.39 Å². The van der Waals surface area contributed by atoms with E-state index < -0.39 is 21.8 Å². The van der Waals surface area contributed by atoms with Crippen LogP contribution in [-0.4, -0.2) is 47.8 Å². The fraction of sp³-hybridized carbons (Fsp3) is 0.211. The fourth-order valence-electron chi connectivity index (χ4n) is 2.92. The highest BCUT2D eigenvalue weighted by atomic mass is 32.2. The molecule has 0 radical (unpaired) electrons. The fourth-order valence-corrected chi connectivity index (χ4v) is 4.43. The number of para-hydroxylation sites is 1. The maximum absolute atomic E-state index is 12.6. The molecule has 3 rings (SSSR count). The van der Waals surface area contributed by atoms with E-state index in [0.29, 0.717) is 24.2 Å².